The van der Waals surface area contributed by atoms with Crippen LogP contribution in [0.4, 0.5) is 4.79 Å². The van der Waals surface area contributed by atoms with E-state index in [2.05, 4.69) is 10.6 Å². The number of ether oxygens (including phenoxy) is 1. The Kier molecular flexibility index (Phi) is 4.80. The number of nitrogens with one attached hydrogen (secondary N) is 2. The van der Waals surface area contributed by atoms with Gasteiger partial charge in [0.2, 0.25) is 0 Å². The van der Waals surface area contributed by atoms with Gasteiger partial charge < -0.3 is 15.2 Å². The average Bonchev–Trinajstić information content (AvgIpc) is 2.47. The maximum absolute atomic E-state index is 11.7. The van der Waals surface area contributed by atoms with Crippen LogP contribution < -0.4 is 15.4 Å². The number of amides is 3. The molecule has 3 amide bonds. The van der Waals surface area contributed by atoms with Crippen molar-refractivity contribution in [2.75, 3.05) is 7.05 Å². The third-order valence-electron chi connectivity index (χ3n) is 3.54. The molecule has 1 aromatic rings. The molecule has 6 nitrogen and oxygen atoms in total. The number of carbonyl (C=O) groups excluding carboxylic acids is 2. The van der Waals surface area contributed by atoms with Crippen LogP contribution in [0.3, 0.4) is 0 Å². The zero-order valence-electron chi connectivity index (χ0n) is 12.2. The Balaban J connectivity index is 2.03. The number of hydrogen-bond donors (Lipinski definition) is 3. The van der Waals surface area contributed by atoms with Crippen molar-refractivity contribution in [1.82, 2.24) is 10.6 Å². The molecular weight excluding hydrogens is 272 g/mol. The quantitative estimate of drug-likeness (QED) is 0.783. The molecule has 1 aromatic carbocycles. The molecule has 0 fully saturated rings. The van der Waals surface area contributed by atoms with Gasteiger partial charge in [0, 0.05) is 7.05 Å². The van der Waals surface area contributed by atoms with Crippen molar-refractivity contribution >= 4 is 11.9 Å². The first-order valence-corrected chi connectivity index (χ1v) is 7.01. The maximum atomic E-state index is 11.7. The highest BCUT2D eigenvalue weighted by atomic mass is 16.5. The van der Waals surface area contributed by atoms with Crippen molar-refractivity contribution in [2.45, 2.75) is 38.4 Å². The first kappa shape index (κ1) is 15.3. The lowest BCUT2D eigenvalue weighted by Crippen LogP contribution is -2.43. The number of hydrogen-bond acceptors (Lipinski definition) is 4. The topological polar surface area (TPSA) is 87.7 Å². The highest BCUT2D eigenvalue weighted by Crippen LogP contribution is 2.32. The van der Waals surface area contributed by atoms with Crippen LogP contribution in [0.25, 0.3) is 0 Å². The predicted molar refractivity (Wildman–Crippen MR) is 77.0 cm³/mol. The van der Waals surface area contributed by atoms with E-state index in [9.17, 15) is 14.7 Å². The minimum atomic E-state index is -0.783. The van der Waals surface area contributed by atoms with Crippen molar-refractivity contribution in [1.29, 1.82) is 0 Å². The van der Waals surface area contributed by atoms with Crippen molar-refractivity contribution in [3.63, 3.8) is 0 Å². The molecule has 0 heterocycles. The lowest BCUT2D eigenvalue weighted by Gasteiger charge is -2.22. The van der Waals surface area contributed by atoms with Gasteiger partial charge in [0.1, 0.15) is 5.75 Å². The second-order valence-corrected chi connectivity index (χ2v) is 5.10. The molecule has 0 aromatic heterocycles. The summed E-state index contributed by atoms with van der Waals surface area (Å²) in [5.74, 6) is 0.0505. The average molecular weight is 292 g/mol. The van der Waals surface area contributed by atoms with Gasteiger partial charge in [-0.2, -0.15) is 0 Å². The molecule has 0 saturated heterocycles. The Morgan fingerprint density at radius 1 is 1.43 bits per heavy atom. The van der Waals surface area contributed by atoms with E-state index in [1.165, 1.54) is 7.05 Å². The SMILES string of the molecule is CNC(=O)NC(=O)C(C)Oc1ccc2c(c1)CCCC2O. The standard InChI is InChI=1S/C15H20N2O4/c1-9(14(19)17-15(20)16-2)21-11-6-7-12-10(8-11)4-3-5-13(12)18/h6-9,13,18H,3-5H2,1-2H3,(H2,16,17,19,20). The van der Waals surface area contributed by atoms with Crippen LogP contribution in [-0.2, 0) is 11.2 Å². The number of aliphatic hydroxyl groups is 1. The van der Waals surface area contributed by atoms with Crippen molar-refractivity contribution < 1.29 is 19.4 Å². The minimum absolute atomic E-state index is 0.420. The Bertz CT molecular complexity index is 544. The molecule has 0 saturated carbocycles. The van der Waals surface area contributed by atoms with Crippen LogP contribution in [0.1, 0.15) is 37.0 Å². The van der Waals surface area contributed by atoms with Gasteiger partial charge in [-0.15, -0.1) is 0 Å². The second kappa shape index (κ2) is 6.58. The van der Waals surface area contributed by atoms with Crippen molar-refractivity contribution in [2.24, 2.45) is 0 Å². The fraction of sp³-hybridized carbons (Fsp3) is 0.467. The monoisotopic (exact) mass is 292 g/mol. The molecule has 0 aliphatic heterocycles. The zero-order valence-corrected chi connectivity index (χ0v) is 12.2. The molecule has 3 N–H and O–H groups in total. The molecule has 114 valence electrons. The van der Waals surface area contributed by atoms with E-state index in [0.717, 1.165) is 30.4 Å². The van der Waals surface area contributed by atoms with Gasteiger partial charge in [0.15, 0.2) is 6.10 Å². The van der Waals surface area contributed by atoms with Crippen LogP contribution in [0, 0.1) is 0 Å². The number of imide groups is 1. The Morgan fingerprint density at radius 2 is 2.19 bits per heavy atom. The number of aryl methyl sites for hydroxylation is 1. The van der Waals surface area contributed by atoms with E-state index in [0.29, 0.717) is 5.75 Å². The van der Waals surface area contributed by atoms with E-state index in [1.54, 1.807) is 13.0 Å². The molecule has 2 atom stereocenters. The molecule has 1 aliphatic rings. The summed E-state index contributed by atoms with van der Waals surface area (Å²) in [4.78, 5) is 22.8. The third kappa shape index (κ3) is 3.72. The molecule has 0 radical (unpaired) electrons. The number of fused-ring (bicyclic) bond motifs is 1. The summed E-state index contributed by atoms with van der Waals surface area (Å²) in [7, 11) is 1.43. The molecule has 2 rings (SSSR count). The Labute approximate surface area is 123 Å². The van der Waals surface area contributed by atoms with Crippen molar-refractivity contribution in [3.8, 4) is 5.75 Å². The molecule has 1 aliphatic carbocycles. The van der Waals surface area contributed by atoms with E-state index in [4.69, 9.17) is 4.74 Å². The molecule has 0 spiro atoms. The zero-order chi connectivity index (χ0) is 15.4. The maximum Gasteiger partial charge on any atom is 0.321 e. The summed E-state index contributed by atoms with van der Waals surface area (Å²) in [5, 5.41) is 14.4. The molecule has 6 heteroatoms. The summed E-state index contributed by atoms with van der Waals surface area (Å²) in [6, 6.07) is 4.85. The van der Waals surface area contributed by atoms with Crippen molar-refractivity contribution in [3.05, 3.63) is 29.3 Å². The second-order valence-electron chi connectivity index (χ2n) is 5.10. The van der Waals surface area contributed by atoms with E-state index >= 15 is 0 Å². The minimum Gasteiger partial charge on any atom is -0.481 e. The Morgan fingerprint density at radius 3 is 2.90 bits per heavy atom. The third-order valence-corrected chi connectivity index (χ3v) is 3.54. The van der Waals surface area contributed by atoms with Gasteiger partial charge in [-0.3, -0.25) is 10.1 Å². The first-order valence-electron chi connectivity index (χ1n) is 7.01. The largest absolute Gasteiger partial charge is 0.481 e. The van der Waals surface area contributed by atoms with Gasteiger partial charge in [-0.1, -0.05) is 6.07 Å². The van der Waals surface area contributed by atoms with Crippen LogP contribution in [0.5, 0.6) is 5.75 Å². The summed E-state index contributed by atoms with van der Waals surface area (Å²) in [6.45, 7) is 1.58. The molecule has 21 heavy (non-hydrogen) atoms. The van der Waals surface area contributed by atoms with E-state index in [1.807, 2.05) is 12.1 Å². The Hall–Kier alpha value is -2.08. The van der Waals surface area contributed by atoms with Gasteiger partial charge in [0.25, 0.3) is 5.91 Å². The molecule has 0 bridgehead atoms. The summed E-state index contributed by atoms with van der Waals surface area (Å²) in [5.41, 5.74) is 1.97. The number of carbonyl (C=O) groups is 2. The molecular formula is C15H20N2O4. The van der Waals surface area contributed by atoms with Gasteiger partial charge in [-0.05, 0) is 49.4 Å². The molecule has 2 unspecified atom stereocenters. The lowest BCUT2D eigenvalue weighted by atomic mass is 9.89. The number of aliphatic hydroxyl groups excluding tert-OH is 1. The van der Waals surface area contributed by atoms with Crippen LogP contribution in [0.15, 0.2) is 18.2 Å². The fourth-order valence-corrected chi connectivity index (χ4v) is 2.37. The summed E-state index contributed by atoms with van der Waals surface area (Å²) in [6.07, 6.45) is 1.40. The van der Waals surface area contributed by atoms with Gasteiger partial charge >= 0.3 is 6.03 Å². The highest BCUT2D eigenvalue weighted by molar-refractivity contribution is 5.96. The first-order chi connectivity index (χ1) is 10.0. The van der Waals surface area contributed by atoms with E-state index in [-0.39, 0.29) is 0 Å². The van der Waals surface area contributed by atoms with Gasteiger partial charge in [-0.25, -0.2) is 4.79 Å². The van der Waals surface area contributed by atoms with Crippen LogP contribution >= 0.6 is 0 Å². The van der Waals surface area contributed by atoms with E-state index < -0.39 is 24.1 Å². The predicted octanol–water partition coefficient (Wildman–Crippen LogP) is 1.28. The summed E-state index contributed by atoms with van der Waals surface area (Å²) >= 11 is 0. The lowest BCUT2D eigenvalue weighted by molar-refractivity contribution is -0.126. The number of urea groups is 1. The fourth-order valence-electron chi connectivity index (χ4n) is 2.37. The highest BCUT2D eigenvalue weighted by Gasteiger charge is 2.20. The number of benzene rings is 1. The van der Waals surface area contributed by atoms with Crippen LogP contribution in [-0.4, -0.2) is 30.2 Å². The summed E-state index contributed by atoms with van der Waals surface area (Å²) < 4.78 is 5.55. The van der Waals surface area contributed by atoms with Gasteiger partial charge in [0.05, 0.1) is 6.10 Å². The van der Waals surface area contributed by atoms with Crippen LogP contribution in [0.2, 0.25) is 0 Å². The normalized spacial score (nSPS) is 18.3. The smallest absolute Gasteiger partial charge is 0.321 e. The number of rotatable bonds is 3.